The lowest BCUT2D eigenvalue weighted by atomic mass is 10.1. The van der Waals surface area contributed by atoms with Crippen molar-refractivity contribution in [2.24, 2.45) is 0 Å². The molecule has 0 bridgehead atoms. The number of phenolic OH excluding ortho intramolecular Hbond substituents is 1. The summed E-state index contributed by atoms with van der Waals surface area (Å²) in [6.07, 6.45) is 1.61. The lowest BCUT2D eigenvalue weighted by Crippen LogP contribution is -2.14. The summed E-state index contributed by atoms with van der Waals surface area (Å²) < 4.78 is 0. The Bertz CT molecular complexity index is 779. The zero-order valence-corrected chi connectivity index (χ0v) is 10.6. The van der Waals surface area contributed by atoms with Crippen LogP contribution in [0.25, 0.3) is 10.8 Å². The van der Waals surface area contributed by atoms with Gasteiger partial charge in [0, 0.05) is 23.3 Å². The van der Waals surface area contributed by atoms with E-state index in [2.05, 4.69) is 10.3 Å². The third-order valence-electron chi connectivity index (χ3n) is 2.99. The first-order valence-corrected chi connectivity index (χ1v) is 6.18. The van der Waals surface area contributed by atoms with Gasteiger partial charge in [-0.25, -0.2) is 0 Å². The number of aromatic hydroxyl groups is 1. The molecule has 0 aliphatic heterocycles. The standard InChI is InChI=1S/C16H12N2O2/c19-13-6-3-5-12(10-13)18-16(20)15-14-7-2-1-4-11(14)8-9-17-15/h1-10,19H,(H,18,20). The summed E-state index contributed by atoms with van der Waals surface area (Å²) in [5.74, 6) is -0.193. The minimum atomic E-state index is -0.299. The van der Waals surface area contributed by atoms with Gasteiger partial charge in [0.05, 0.1) is 0 Å². The zero-order valence-electron chi connectivity index (χ0n) is 10.6. The predicted molar refractivity (Wildman–Crippen MR) is 77.8 cm³/mol. The second kappa shape index (κ2) is 5.01. The first kappa shape index (κ1) is 12.2. The number of nitrogens with zero attached hydrogens (tertiary/aromatic N) is 1. The smallest absolute Gasteiger partial charge is 0.274 e. The minimum Gasteiger partial charge on any atom is -0.508 e. The summed E-state index contributed by atoms with van der Waals surface area (Å²) in [5.41, 5.74) is 0.899. The number of hydrogen-bond donors (Lipinski definition) is 2. The number of rotatable bonds is 2. The second-order valence-electron chi connectivity index (χ2n) is 4.39. The second-order valence-corrected chi connectivity index (χ2v) is 4.39. The fourth-order valence-corrected chi connectivity index (χ4v) is 2.07. The molecular weight excluding hydrogens is 252 g/mol. The molecule has 0 atom stereocenters. The van der Waals surface area contributed by atoms with Crippen molar-refractivity contribution in [2.45, 2.75) is 0 Å². The van der Waals surface area contributed by atoms with Gasteiger partial charge in [-0.05, 0) is 23.6 Å². The van der Waals surface area contributed by atoms with Gasteiger partial charge in [0.1, 0.15) is 11.4 Å². The Morgan fingerprint density at radius 2 is 1.90 bits per heavy atom. The van der Waals surface area contributed by atoms with Gasteiger partial charge < -0.3 is 10.4 Å². The number of fused-ring (bicyclic) bond motifs is 1. The maximum Gasteiger partial charge on any atom is 0.274 e. The van der Waals surface area contributed by atoms with E-state index < -0.39 is 0 Å². The number of carbonyl (C=O) groups is 1. The van der Waals surface area contributed by atoms with Crippen molar-refractivity contribution in [3.05, 3.63) is 66.5 Å². The summed E-state index contributed by atoms with van der Waals surface area (Å²) in [5, 5.41) is 13.9. The number of aromatic nitrogens is 1. The highest BCUT2D eigenvalue weighted by Crippen LogP contribution is 2.19. The van der Waals surface area contributed by atoms with Gasteiger partial charge in [0.25, 0.3) is 5.91 Å². The van der Waals surface area contributed by atoms with Crippen molar-refractivity contribution in [2.75, 3.05) is 5.32 Å². The monoisotopic (exact) mass is 264 g/mol. The maximum absolute atomic E-state index is 12.3. The molecule has 2 aromatic carbocycles. The predicted octanol–water partition coefficient (Wildman–Crippen LogP) is 3.19. The van der Waals surface area contributed by atoms with E-state index in [0.717, 1.165) is 10.8 Å². The number of benzene rings is 2. The van der Waals surface area contributed by atoms with E-state index in [-0.39, 0.29) is 11.7 Å². The average Bonchev–Trinajstić information content (AvgIpc) is 2.46. The molecule has 0 aliphatic carbocycles. The molecule has 0 saturated carbocycles. The van der Waals surface area contributed by atoms with E-state index in [9.17, 15) is 9.90 Å². The molecule has 3 aromatic rings. The quantitative estimate of drug-likeness (QED) is 0.747. The number of carbonyl (C=O) groups excluding carboxylic acids is 1. The van der Waals surface area contributed by atoms with Gasteiger partial charge in [-0.1, -0.05) is 30.3 Å². The van der Waals surface area contributed by atoms with Gasteiger partial charge in [0.15, 0.2) is 0 Å². The third-order valence-corrected chi connectivity index (χ3v) is 2.99. The maximum atomic E-state index is 12.3. The third kappa shape index (κ3) is 2.31. The van der Waals surface area contributed by atoms with Crippen LogP contribution in [0.1, 0.15) is 10.5 Å². The fraction of sp³-hybridized carbons (Fsp3) is 0. The Hall–Kier alpha value is -2.88. The van der Waals surface area contributed by atoms with E-state index in [1.54, 1.807) is 24.4 Å². The van der Waals surface area contributed by atoms with E-state index in [0.29, 0.717) is 11.4 Å². The molecule has 4 heteroatoms. The van der Waals surface area contributed by atoms with E-state index in [1.165, 1.54) is 6.07 Å². The summed E-state index contributed by atoms with van der Waals surface area (Å²) in [6.45, 7) is 0. The summed E-state index contributed by atoms with van der Waals surface area (Å²) in [7, 11) is 0. The van der Waals surface area contributed by atoms with E-state index >= 15 is 0 Å². The lowest BCUT2D eigenvalue weighted by molar-refractivity contribution is 0.102. The molecule has 0 aliphatic rings. The number of nitrogens with one attached hydrogen (secondary N) is 1. The fourth-order valence-electron chi connectivity index (χ4n) is 2.07. The Kier molecular flexibility index (Phi) is 3.05. The van der Waals surface area contributed by atoms with Gasteiger partial charge in [-0.3, -0.25) is 9.78 Å². The largest absolute Gasteiger partial charge is 0.508 e. The first-order chi connectivity index (χ1) is 9.74. The van der Waals surface area contributed by atoms with Crippen LogP contribution in [0.15, 0.2) is 60.8 Å². The molecule has 98 valence electrons. The van der Waals surface area contributed by atoms with Crippen molar-refractivity contribution >= 4 is 22.4 Å². The van der Waals surface area contributed by atoms with Gasteiger partial charge in [0.2, 0.25) is 0 Å². The normalized spacial score (nSPS) is 10.4. The molecule has 1 heterocycles. The van der Waals surface area contributed by atoms with Gasteiger partial charge in [-0.15, -0.1) is 0 Å². The Balaban J connectivity index is 1.97. The molecule has 0 saturated heterocycles. The highest BCUT2D eigenvalue weighted by molar-refractivity contribution is 6.11. The first-order valence-electron chi connectivity index (χ1n) is 6.18. The number of phenols is 1. The molecule has 0 spiro atoms. The molecule has 4 nitrogen and oxygen atoms in total. The molecule has 1 amide bonds. The lowest BCUT2D eigenvalue weighted by Gasteiger charge is -2.07. The number of pyridine rings is 1. The van der Waals surface area contributed by atoms with Crippen molar-refractivity contribution in [1.29, 1.82) is 0 Å². The van der Waals surface area contributed by atoms with Gasteiger partial charge in [-0.2, -0.15) is 0 Å². The molecule has 0 unspecified atom stereocenters. The van der Waals surface area contributed by atoms with Crippen LogP contribution in [0, 0.1) is 0 Å². The molecule has 0 fully saturated rings. The van der Waals surface area contributed by atoms with E-state index in [1.807, 2.05) is 30.3 Å². The molecular formula is C16H12N2O2. The Morgan fingerprint density at radius 1 is 1.05 bits per heavy atom. The van der Waals surface area contributed by atoms with Crippen molar-refractivity contribution in [3.8, 4) is 5.75 Å². The van der Waals surface area contributed by atoms with Crippen molar-refractivity contribution < 1.29 is 9.90 Å². The Morgan fingerprint density at radius 3 is 2.75 bits per heavy atom. The molecule has 2 N–H and O–H groups in total. The molecule has 3 rings (SSSR count). The number of hydrogen-bond acceptors (Lipinski definition) is 3. The van der Waals surface area contributed by atoms with Crippen molar-refractivity contribution in [3.63, 3.8) is 0 Å². The van der Waals surface area contributed by atoms with Crippen LogP contribution < -0.4 is 5.32 Å². The SMILES string of the molecule is O=C(Nc1cccc(O)c1)c1nccc2ccccc12. The molecule has 0 radical (unpaired) electrons. The van der Waals surface area contributed by atoms with E-state index in [4.69, 9.17) is 0 Å². The minimum absolute atomic E-state index is 0.105. The van der Waals surface area contributed by atoms with Crippen LogP contribution in [0.5, 0.6) is 5.75 Å². The van der Waals surface area contributed by atoms with Crippen LogP contribution in [0.2, 0.25) is 0 Å². The molecule has 20 heavy (non-hydrogen) atoms. The van der Waals surface area contributed by atoms with Crippen LogP contribution in [0.3, 0.4) is 0 Å². The zero-order chi connectivity index (χ0) is 13.9. The highest BCUT2D eigenvalue weighted by atomic mass is 16.3. The molecule has 1 aromatic heterocycles. The average molecular weight is 264 g/mol. The van der Waals surface area contributed by atoms with Crippen LogP contribution in [-0.4, -0.2) is 16.0 Å². The summed E-state index contributed by atoms with van der Waals surface area (Å²) in [6, 6.07) is 15.9. The van der Waals surface area contributed by atoms with Crippen molar-refractivity contribution in [1.82, 2.24) is 4.98 Å². The number of anilines is 1. The topological polar surface area (TPSA) is 62.2 Å². The summed E-state index contributed by atoms with van der Waals surface area (Å²) in [4.78, 5) is 16.4. The van der Waals surface area contributed by atoms with Crippen LogP contribution in [0.4, 0.5) is 5.69 Å². The van der Waals surface area contributed by atoms with Gasteiger partial charge >= 0.3 is 0 Å². The van der Waals surface area contributed by atoms with Crippen LogP contribution >= 0.6 is 0 Å². The summed E-state index contributed by atoms with van der Waals surface area (Å²) >= 11 is 0. The number of amides is 1. The van der Waals surface area contributed by atoms with Crippen LogP contribution in [-0.2, 0) is 0 Å². The highest BCUT2D eigenvalue weighted by Gasteiger charge is 2.11. The Labute approximate surface area is 115 Å².